The lowest BCUT2D eigenvalue weighted by Gasteiger charge is -2.28. The predicted molar refractivity (Wildman–Crippen MR) is 41.3 cm³/mol. The van der Waals surface area contributed by atoms with Gasteiger partial charge < -0.3 is 14.9 Å². The van der Waals surface area contributed by atoms with Crippen LogP contribution < -0.4 is 0 Å². The molecule has 2 atom stereocenters. The first-order valence-corrected chi connectivity index (χ1v) is 4.04. The Morgan fingerprint density at radius 1 is 1.55 bits per heavy atom. The smallest absolute Gasteiger partial charge is 0.108 e. The molecule has 0 aromatic rings. The standard InChI is InChI=1S/C8H16O3/c1-8(2,10)7(9)6-4-3-5-11-6/h6-7,9-10H,3-5H2,1-2H3. The summed E-state index contributed by atoms with van der Waals surface area (Å²) in [6, 6.07) is 0. The van der Waals surface area contributed by atoms with E-state index in [0.717, 1.165) is 12.8 Å². The first kappa shape index (κ1) is 8.97. The third kappa shape index (κ3) is 2.15. The van der Waals surface area contributed by atoms with E-state index in [1.165, 1.54) is 0 Å². The normalized spacial score (nSPS) is 28.9. The van der Waals surface area contributed by atoms with Crippen molar-refractivity contribution in [2.45, 2.75) is 44.5 Å². The van der Waals surface area contributed by atoms with Gasteiger partial charge in [-0.25, -0.2) is 0 Å². The summed E-state index contributed by atoms with van der Waals surface area (Å²) in [5.41, 5.74) is -1.05. The van der Waals surface area contributed by atoms with E-state index in [2.05, 4.69) is 0 Å². The first-order chi connectivity index (χ1) is 5.02. The van der Waals surface area contributed by atoms with Crippen LogP contribution in [0.5, 0.6) is 0 Å². The highest BCUT2D eigenvalue weighted by Gasteiger charge is 2.34. The van der Waals surface area contributed by atoms with E-state index >= 15 is 0 Å². The molecule has 11 heavy (non-hydrogen) atoms. The van der Waals surface area contributed by atoms with Crippen LogP contribution >= 0.6 is 0 Å². The molecule has 0 radical (unpaired) electrons. The van der Waals surface area contributed by atoms with Crippen molar-refractivity contribution < 1.29 is 14.9 Å². The van der Waals surface area contributed by atoms with Crippen LogP contribution in [0.4, 0.5) is 0 Å². The Bertz CT molecular complexity index is 122. The molecule has 3 nitrogen and oxygen atoms in total. The number of hydrogen-bond acceptors (Lipinski definition) is 3. The summed E-state index contributed by atoms with van der Waals surface area (Å²) in [6.45, 7) is 3.90. The summed E-state index contributed by atoms with van der Waals surface area (Å²) >= 11 is 0. The van der Waals surface area contributed by atoms with Gasteiger partial charge in [-0.2, -0.15) is 0 Å². The van der Waals surface area contributed by atoms with E-state index in [1.54, 1.807) is 13.8 Å². The molecule has 2 N–H and O–H groups in total. The van der Waals surface area contributed by atoms with Gasteiger partial charge in [0.05, 0.1) is 11.7 Å². The number of hydrogen-bond donors (Lipinski definition) is 2. The fourth-order valence-corrected chi connectivity index (χ4v) is 1.31. The van der Waals surface area contributed by atoms with Gasteiger partial charge in [-0.15, -0.1) is 0 Å². The van der Waals surface area contributed by atoms with Crippen molar-refractivity contribution in [3.8, 4) is 0 Å². The van der Waals surface area contributed by atoms with E-state index in [0.29, 0.717) is 6.61 Å². The molecule has 66 valence electrons. The quantitative estimate of drug-likeness (QED) is 0.610. The van der Waals surface area contributed by atoms with Crippen molar-refractivity contribution >= 4 is 0 Å². The molecule has 0 amide bonds. The minimum absolute atomic E-state index is 0.171. The van der Waals surface area contributed by atoms with Crippen LogP contribution in [0, 0.1) is 0 Å². The van der Waals surface area contributed by atoms with E-state index in [4.69, 9.17) is 4.74 Å². The third-order valence-corrected chi connectivity index (χ3v) is 2.04. The van der Waals surface area contributed by atoms with Crippen molar-refractivity contribution in [3.05, 3.63) is 0 Å². The number of rotatable bonds is 2. The molecule has 0 aromatic heterocycles. The highest BCUT2D eigenvalue weighted by Crippen LogP contribution is 2.22. The number of ether oxygens (including phenoxy) is 1. The highest BCUT2D eigenvalue weighted by molar-refractivity contribution is 4.85. The summed E-state index contributed by atoms with van der Waals surface area (Å²) in [5, 5.41) is 18.9. The zero-order valence-electron chi connectivity index (χ0n) is 7.08. The number of aliphatic hydroxyl groups excluding tert-OH is 1. The van der Waals surface area contributed by atoms with Gasteiger partial charge in [0, 0.05) is 6.61 Å². The maximum Gasteiger partial charge on any atom is 0.108 e. The fourth-order valence-electron chi connectivity index (χ4n) is 1.31. The summed E-state index contributed by atoms with van der Waals surface area (Å²) in [4.78, 5) is 0. The Hall–Kier alpha value is -0.120. The Balaban J connectivity index is 2.46. The van der Waals surface area contributed by atoms with E-state index < -0.39 is 11.7 Å². The topological polar surface area (TPSA) is 49.7 Å². The van der Waals surface area contributed by atoms with Gasteiger partial charge in [-0.05, 0) is 26.7 Å². The molecule has 1 saturated heterocycles. The Labute approximate surface area is 67.0 Å². The van der Waals surface area contributed by atoms with Gasteiger partial charge >= 0.3 is 0 Å². The molecule has 0 aromatic carbocycles. The van der Waals surface area contributed by atoms with Crippen LogP contribution in [0.25, 0.3) is 0 Å². The third-order valence-electron chi connectivity index (χ3n) is 2.04. The second-order valence-electron chi connectivity index (χ2n) is 3.65. The summed E-state index contributed by atoms with van der Waals surface area (Å²) < 4.78 is 5.23. The van der Waals surface area contributed by atoms with Crippen molar-refractivity contribution in [2.75, 3.05) is 6.61 Å². The molecule has 1 fully saturated rings. The molecular formula is C8H16O3. The average molecular weight is 160 g/mol. The van der Waals surface area contributed by atoms with Crippen molar-refractivity contribution in [1.82, 2.24) is 0 Å². The molecule has 1 aliphatic rings. The zero-order chi connectivity index (χ0) is 8.48. The maximum absolute atomic E-state index is 9.51. The predicted octanol–water partition coefficient (Wildman–Crippen LogP) is 0.297. The maximum atomic E-state index is 9.51. The molecule has 1 rings (SSSR count). The van der Waals surface area contributed by atoms with Crippen molar-refractivity contribution in [2.24, 2.45) is 0 Å². The molecule has 0 spiro atoms. The Morgan fingerprint density at radius 3 is 2.55 bits per heavy atom. The molecular weight excluding hydrogens is 144 g/mol. The summed E-state index contributed by atoms with van der Waals surface area (Å²) in [7, 11) is 0. The highest BCUT2D eigenvalue weighted by atomic mass is 16.5. The Morgan fingerprint density at radius 2 is 2.18 bits per heavy atom. The second-order valence-corrected chi connectivity index (χ2v) is 3.65. The van der Waals surface area contributed by atoms with Crippen LogP contribution in [0.2, 0.25) is 0 Å². The molecule has 0 bridgehead atoms. The van der Waals surface area contributed by atoms with Gasteiger partial charge in [0.2, 0.25) is 0 Å². The molecule has 2 unspecified atom stereocenters. The molecule has 3 heteroatoms. The second kappa shape index (κ2) is 3.09. The van der Waals surface area contributed by atoms with Gasteiger partial charge in [0.25, 0.3) is 0 Å². The van der Waals surface area contributed by atoms with Crippen LogP contribution in [0.1, 0.15) is 26.7 Å². The Kier molecular flexibility index (Phi) is 2.52. The largest absolute Gasteiger partial charge is 0.388 e. The van der Waals surface area contributed by atoms with Crippen LogP contribution in [0.15, 0.2) is 0 Å². The lowest BCUT2D eigenvalue weighted by molar-refractivity contribution is -0.110. The lowest BCUT2D eigenvalue weighted by atomic mass is 9.95. The van der Waals surface area contributed by atoms with Crippen LogP contribution in [0.3, 0.4) is 0 Å². The average Bonchev–Trinajstić information content (AvgIpc) is 2.34. The van der Waals surface area contributed by atoms with E-state index in [-0.39, 0.29) is 6.10 Å². The van der Waals surface area contributed by atoms with Crippen LogP contribution in [-0.4, -0.2) is 34.6 Å². The van der Waals surface area contributed by atoms with Gasteiger partial charge in [0.1, 0.15) is 6.10 Å². The fraction of sp³-hybridized carbons (Fsp3) is 1.00. The monoisotopic (exact) mass is 160 g/mol. The molecule has 1 aliphatic heterocycles. The minimum Gasteiger partial charge on any atom is -0.388 e. The van der Waals surface area contributed by atoms with Crippen LogP contribution in [-0.2, 0) is 4.74 Å². The zero-order valence-corrected chi connectivity index (χ0v) is 7.08. The van der Waals surface area contributed by atoms with E-state index in [9.17, 15) is 10.2 Å². The van der Waals surface area contributed by atoms with Gasteiger partial charge in [-0.1, -0.05) is 0 Å². The molecule has 0 aliphatic carbocycles. The lowest BCUT2D eigenvalue weighted by Crippen LogP contribution is -2.44. The van der Waals surface area contributed by atoms with Crippen molar-refractivity contribution in [1.29, 1.82) is 0 Å². The SMILES string of the molecule is CC(C)(O)C(O)C1CCCO1. The van der Waals surface area contributed by atoms with Crippen molar-refractivity contribution in [3.63, 3.8) is 0 Å². The van der Waals surface area contributed by atoms with Gasteiger partial charge in [0.15, 0.2) is 0 Å². The minimum atomic E-state index is -1.05. The summed E-state index contributed by atoms with van der Waals surface area (Å²) in [5.74, 6) is 0. The van der Waals surface area contributed by atoms with E-state index in [1.807, 2.05) is 0 Å². The molecule has 1 heterocycles. The number of aliphatic hydroxyl groups is 2. The van der Waals surface area contributed by atoms with Gasteiger partial charge in [-0.3, -0.25) is 0 Å². The molecule has 0 saturated carbocycles. The summed E-state index contributed by atoms with van der Waals surface area (Å²) in [6.07, 6.45) is 0.906. The first-order valence-electron chi connectivity index (χ1n) is 4.04.